The maximum atomic E-state index is 13.8. The van der Waals surface area contributed by atoms with Crippen LogP contribution in [0.3, 0.4) is 0 Å². The van der Waals surface area contributed by atoms with Crippen LogP contribution in [0.4, 0.5) is 4.39 Å². The first-order valence-corrected chi connectivity index (χ1v) is 9.44. The summed E-state index contributed by atoms with van der Waals surface area (Å²) >= 11 is 0. The molecule has 2 heterocycles. The molecule has 1 aromatic carbocycles. The van der Waals surface area contributed by atoms with Crippen molar-refractivity contribution in [2.45, 2.75) is 53.1 Å². The highest BCUT2D eigenvalue weighted by Crippen LogP contribution is 2.34. The van der Waals surface area contributed by atoms with Gasteiger partial charge in [-0.05, 0) is 47.6 Å². The zero-order valence-corrected chi connectivity index (χ0v) is 16.2. The number of nitrogens with zero attached hydrogens (tertiary/aromatic N) is 2. The Morgan fingerprint density at radius 3 is 2.69 bits per heavy atom. The number of benzene rings is 1. The summed E-state index contributed by atoms with van der Waals surface area (Å²) in [6.45, 7) is 10.2. The Balaban J connectivity index is 1.86. The summed E-state index contributed by atoms with van der Waals surface area (Å²) in [6.07, 6.45) is 3.57. The molecule has 1 amide bonds. The molecule has 1 aliphatic heterocycles. The van der Waals surface area contributed by atoms with E-state index in [1.807, 2.05) is 29.3 Å². The second-order valence-corrected chi connectivity index (χ2v) is 8.75. The number of fused-ring (bicyclic) bond motifs is 1. The Kier molecular flexibility index (Phi) is 5.22. The maximum Gasteiger partial charge on any atom is 0.223 e. The Morgan fingerprint density at radius 2 is 2.00 bits per heavy atom. The Hall–Kier alpha value is -2.10. The normalized spacial score (nSPS) is 18.5. The van der Waals surface area contributed by atoms with Crippen LogP contribution in [-0.2, 0) is 11.3 Å². The molecule has 1 aromatic heterocycles. The van der Waals surface area contributed by atoms with Crippen LogP contribution in [0.5, 0.6) is 0 Å². The standard InChI is InChI=1S/C22H29FN2O/c1-16(15-22(2,3)4)13-20(26)25-12-11-24-10-6-9-19(24)21(25)17-7-5-8-18(23)14-17/h5-10,14,16,21H,11-13,15H2,1-4H3. The van der Waals surface area contributed by atoms with Crippen LogP contribution in [0.15, 0.2) is 42.6 Å². The average molecular weight is 356 g/mol. The summed E-state index contributed by atoms with van der Waals surface area (Å²) in [4.78, 5) is 15.1. The summed E-state index contributed by atoms with van der Waals surface area (Å²) in [7, 11) is 0. The lowest BCUT2D eigenvalue weighted by molar-refractivity contribution is -0.135. The van der Waals surface area contributed by atoms with E-state index in [9.17, 15) is 9.18 Å². The maximum absolute atomic E-state index is 13.8. The Bertz CT molecular complexity index is 774. The van der Waals surface area contributed by atoms with Gasteiger partial charge >= 0.3 is 0 Å². The van der Waals surface area contributed by atoms with Gasteiger partial charge in [0.15, 0.2) is 0 Å². The van der Waals surface area contributed by atoms with Gasteiger partial charge in [0.25, 0.3) is 0 Å². The van der Waals surface area contributed by atoms with Crippen LogP contribution >= 0.6 is 0 Å². The topological polar surface area (TPSA) is 25.2 Å². The summed E-state index contributed by atoms with van der Waals surface area (Å²) in [5.74, 6) is 0.215. The van der Waals surface area contributed by atoms with Crippen LogP contribution in [0.2, 0.25) is 0 Å². The second kappa shape index (κ2) is 7.26. The van der Waals surface area contributed by atoms with E-state index >= 15 is 0 Å². The molecular formula is C22H29FN2O. The van der Waals surface area contributed by atoms with Gasteiger partial charge in [-0.2, -0.15) is 0 Å². The van der Waals surface area contributed by atoms with Crippen molar-refractivity contribution < 1.29 is 9.18 Å². The summed E-state index contributed by atoms with van der Waals surface area (Å²) in [5, 5.41) is 0. The number of hydrogen-bond acceptors (Lipinski definition) is 1. The molecule has 0 saturated carbocycles. The van der Waals surface area contributed by atoms with Crippen molar-refractivity contribution in [3.8, 4) is 0 Å². The van der Waals surface area contributed by atoms with Crippen molar-refractivity contribution in [2.24, 2.45) is 11.3 Å². The minimum atomic E-state index is -0.264. The summed E-state index contributed by atoms with van der Waals surface area (Å²) in [5.41, 5.74) is 2.10. The molecule has 2 aromatic rings. The van der Waals surface area contributed by atoms with E-state index in [1.54, 1.807) is 12.1 Å². The highest BCUT2D eigenvalue weighted by atomic mass is 19.1. The number of carbonyl (C=O) groups excluding carboxylic acids is 1. The third-order valence-electron chi connectivity index (χ3n) is 5.01. The smallest absolute Gasteiger partial charge is 0.223 e. The molecule has 0 saturated heterocycles. The van der Waals surface area contributed by atoms with Gasteiger partial charge in [-0.3, -0.25) is 4.79 Å². The quantitative estimate of drug-likeness (QED) is 0.755. The highest BCUT2D eigenvalue weighted by molar-refractivity contribution is 5.77. The molecule has 2 unspecified atom stereocenters. The Morgan fingerprint density at radius 1 is 1.23 bits per heavy atom. The van der Waals surface area contributed by atoms with E-state index in [1.165, 1.54) is 6.07 Å². The monoisotopic (exact) mass is 356 g/mol. The average Bonchev–Trinajstić information content (AvgIpc) is 3.00. The largest absolute Gasteiger partial charge is 0.348 e. The fourth-order valence-electron chi connectivity index (χ4n) is 4.21. The molecule has 0 fully saturated rings. The fraction of sp³-hybridized carbons (Fsp3) is 0.500. The van der Waals surface area contributed by atoms with Crippen LogP contribution in [-0.4, -0.2) is 21.9 Å². The van der Waals surface area contributed by atoms with Gasteiger partial charge in [0.05, 0.1) is 6.04 Å². The number of amides is 1. The van der Waals surface area contributed by atoms with Gasteiger partial charge in [0, 0.05) is 31.4 Å². The van der Waals surface area contributed by atoms with Gasteiger partial charge in [-0.25, -0.2) is 4.39 Å². The molecule has 26 heavy (non-hydrogen) atoms. The van der Waals surface area contributed by atoms with E-state index in [0.717, 1.165) is 24.2 Å². The molecule has 1 aliphatic rings. The van der Waals surface area contributed by atoms with E-state index in [2.05, 4.69) is 32.3 Å². The first-order chi connectivity index (χ1) is 12.2. The second-order valence-electron chi connectivity index (χ2n) is 8.75. The molecule has 0 radical (unpaired) electrons. The molecule has 0 N–H and O–H groups in total. The first-order valence-electron chi connectivity index (χ1n) is 9.44. The molecular weight excluding hydrogens is 327 g/mol. The minimum absolute atomic E-state index is 0.156. The number of rotatable bonds is 4. The van der Waals surface area contributed by atoms with Crippen LogP contribution in [0.1, 0.15) is 57.8 Å². The van der Waals surface area contributed by atoms with E-state index in [-0.39, 0.29) is 23.2 Å². The summed E-state index contributed by atoms with van der Waals surface area (Å²) < 4.78 is 16.0. The number of halogens is 1. The first kappa shape index (κ1) is 18.7. The molecule has 0 aliphatic carbocycles. The predicted molar refractivity (Wildman–Crippen MR) is 102 cm³/mol. The van der Waals surface area contributed by atoms with Crippen molar-refractivity contribution in [1.82, 2.24) is 9.47 Å². The zero-order chi connectivity index (χ0) is 18.9. The lowest BCUT2D eigenvalue weighted by atomic mass is 9.84. The molecule has 0 spiro atoms. The lowest BCUT2D eigenvalue weighted by Gasteiger charge is -2.38. The zero-order valence-electron chi connectivity index (χ0n) is 16.2. The van der Waals surface area contributed by atoms with Crippen LogP contribution < -0.4 is 0 Å². The number of aromatic nitrogens is 1. The summed E-state index contributed by atoms with van der Waals surface area (Å²) in [6, 6.07) is 10.4. The number of carbonyl (C=O) groups is 1. The molecule has 3 rings (SSSR count). The Labute approximate surface area is 155 Å². The van der Waals surface area contributed by atoms with Gasteiger partial charge in [0.2, 0.25) is 5.91 Å². The van der Waals surface area contributed by atoms with Gasteiger partial charge in [0.1, 0.15) is 5.82 Å². The third-order valence-corrected chi connectivity index (χ3v) is 5.01. The van der Waals surface area contributed by atoms with Gasteiger partial charge in [-0.1, -0.05) is 39.8 Å². The molecule has 3 nitrogen and oxygen atoms in total. The highest BCUT2D eigenvalue weighted by Gasteiger charge is 2.33. The van der Waals surface area contributed by atoms with Crippen molar-refractivity contribution in [3.63, 3.8) is 0 Å². The van der Waals surface area contributed by atoms with Crippen LogP contribution in [0.25, 0.3) is 0 Å². The van der Waals surface area contributed by atoms with Crippen molar-refractivity contribution >= 4 is 5.91 Å². The molecule has 4 heteroatoms. The van der Waals surface area contributed by atoms with Crippen LogP contribution in [0, 0.1) is 17.2 Å². The lowest BCUT2D eigenvalue weighted by Crippen LogP contribution is -2.43. The molecule has 0 bridgehead atoms. The van der Waals surface area contributed by atoms with E-state index < -0.39 is 0 Å². The number of hydrogen-bond donors (Lipinski definition) is 0. The van der Waals surface area contributed by atoms with E-state index in [0.29, 0.717) is 18.9 Å². The van der Waals surface area contributed by atoms with Gasteiger partial charge < -0.3 is 9.47 Å². The SMILES string of the molecule is CC(CC(=O)N1CCn2cccc2C1c1cccc(F)c1)CC(C)(C)C. The molecule has 140 valence electrons. The minimum Gasteiger partial charge on any atom is -0.348 e. The van der Waals surface area contributed by atoms with Crippen molar-refractivity contribution in [1.29, 1.82) is 0 Å². The van der Waals surface area contributed by atoms with Crippen molar-refractivity contribution in [2.75, 3.05) is 6.54 Å². The van der Waals surface area contributed by atoms with Gasteiger partial charge in [-0.15, -0.1) is 0 Å². The molecule has 2 atom stereocenters. The predicted octanol–water partition coefficient (Wildman–Crippen LogP) is 5.02. The van der Waals surface area contributed by atoms with Crippen molar-refractivity contribution in [3.05, 3.63) is 59.7 Å². The fourth-order valence-corrected chi connectivity index (χ4v) is 4.21. The van der Waals surface area contributed by atoms with E-state index in [4.69, 9.17) is 0 Å². The third kappa shape index (κ3) is 4.17.